The number of aliphatic hydroxyl groups excluding tert-OH is 2. The monoisotopic (exact) mass is 329 g/mol. The lowest BCUT2D eigenvalue weighted by Crippen LogP contribution is -2.28. The van der Waals surface area contributed by atoms with E-state index < -0.39 is 18.3 Å². The topological polar surface area (TPSA) is 87.5 Å². The van der Waals surface area contributed by atoms with Gasteiger partial charge in [0.1, 0.15) is 35.6 Å². The molecule has 1 saturated heterocycles. The average molecular weight is 330 g/mol. The zero-order valence-electron chi connectivity index (χ0n) is 11.2. The molecular formula is C13H16ClN3O3S. The molecule has 21 heavy (non-hydrogen) atoms. The zero-order chi connectivity index (χ0) is 15.1. The van der Waals surface area contributed by atoms with Crippen molar-refractivity contribution in [2.75, 3.05) is 30.0 Å². The molecule has 0 aliphatic carbocycles. The average Bonchev–Trinajstić information content (AvgIpc) is 2.78. The van der Waals surface area contributed by atoms with Crippen molar-refractivity contribution in [2.45, 2.75) is 18.3 Å². The molecule has 8 heteroatoms. The van der Waals surface area contributed by atoms with E-state index in [4.69, 9.17) is 16.3 Å². The predicted octanol–water partition coefficient (Wildman–Crippen LogP) is 0.399. The van der Waals surface area contributed by atoms with E-state index in [9.17, 15) is 10.2 Å². The van der Waals surface area contributed by atoms with Crippen molar-refractivity contribution >= 4 is 29.2 Å². The number of hydrogen-bond donors (Lipinski definition) is 3. The van der Waals surface area contributed by atoms with Gasteiger partial charge in [0.05, 0.1) is 12.4 Å². The number of rotatable bonds is 5. The maximum absolute atomic E-state index is 9.53. The highest BCUT2D eigenvalue weighted by Gasteiger charge is 2.33. The molecule has 0 saturated carbocycles. The number of halogens is 1. The van der Waals surface area contributed by atoms with Crippen molar-refractivity contribution in [3.8, 4) is 11.8 Å². The third kappa shape index (κ3) is 5.34. The highest BCUT2D eigenvalue weighted by atomic mass is 35.5. The van der Waals surface area contributed by atoms with Crippen LogP contribution in [0.3, 0.4) is 0 Å². The van der Waals surface area contributed by atoms with E-state index in [0.29, 0.717) is 16.7 Å². The molecule has 2 heterocycles. The van der Waals surface area contributed by atoms with Gasteiger partial charge in [0.25, 0.3) is 0 Å². The van der Waals surface area contributed by atoms with Crippen LogP contribution >= 0.6 is 23.4 Å². The number of thioether (sulfide) groups is 1. The third-order valence-electron chi connectivity index (χ3n) is 2.76. The molecule has 114 valence electrons. The second-order valence-electron chi connectivity index (χ2n) is 4.34. The Bertz CT molecular complexity index is 523. The summed E-state index contributed by atoms with van der Waals surface area (Å²) in [5.41, 5.74) is 0. The molecule has 0 bridgehead atoms. The Kier molecular flexibility index (Phi) is 6.54. The molecule has 1 fully saturated rings. The summed E-state index contributed by atoms with van der Waals surface area (Å²) in [4.78, 5) is 7.83. The van der Waals surface area contributed by atoms with E-state index in [1.807, 2.05) is 0 Å². The van der Waals surface area contributed by atoms with Crippen LogP contribution in [0.5, 0.6) is 0 Å². The van der Waals surface area contributed by atoms with Crippen molar-refractivity contribution in [2.24, 2.45) is 0 Å². The molecule has 3 N–H and O–H groups in total. The van der Waals surface area contributed by atoms with Crippen LogP contribution in [0.2, 0.25) is 5.15 Å². The van der Waals surface area contributed by atoms with Gasteiger partial charge in [-0.05, 0) is 0 Å². The number of anilines is 1. The normalized spacial score (nSPS) is 24.4. The van der Waals surface area contributed by atoms with Crippen LogP contribution in [-0.2, 0) is 4.74 Å². The lowest BCUT2D eigenvalue weighted by Gasteiger charge is -2.07. The molecule has 0 amide bonds. The van der Waals surface area contributed by atoms with Gasteiger partial charge in [-0.3, -0.25) is 0 Å². The summed E-state index contributed by atoms with van der Waals surface area (Å²) < 4.78 is 5.15. The number of hydrogen-bond acceptors (Lipinski definition) is 7. The maximum Gasteiger partial charge on any atom is 0.146 e. The summed E-state index contributed by atoms with van der Waals surface area (Å²) in [6.07, 6.45) is -0.917. The number of nitrogens with one attached hydrogen (secondary N) is 1. The van der Waals surface area contributed by atoms with Gasteiger partial charge in [-0.1, -0.05) is 23.4 Å². The standard InChI is InChI=1S/C13H16ClN3O3S/c14-11-6-12(17-8-16-11)15-3-5-21-4-1-2-10-13(19)9(18)7-20-10/h6,8-10,13,18-19H,3-5,7H2,(H,15,16,17). The van der Waals surface area contributed by atoms with Crippen LogP contribution in [0.25, 0.3) is 0 Å². The van der Waals surface area contributed by atoms with Gasteiger partial charge in [-0.2, -0.15) is 0 Å². The van der Waals surface area contributed by atoms with Gasteiger partial charge in [-0.15, -0.1) is 11.8 Å². The van der Waals surface area contributed by atoms with Gasteiger partial charge >= 0.3 is 0 Å². The van der Waals surface area contributed by atoms with Crippen molar-refractivity contribution in [1.29, 1.82) is 0 Å². The summed E-state index contributed by atoms with van der Waals surface area (Å²) in [6.45, 7) is 0.875. The quantitative estimate of drug-likeness (QED) is 0.409. The smallest absolute Gasteiger partial charge is 0.146 e. The number of nitrogens with zero attached hydrogens (tertiary/aromatic N) is 2. The Labute approximate surface area is 132 Å². The van der Waals surface area contributed by atoms with E-state index in [1.54, 1.807) is 17.8 Å². The van der Waals surface area contributed by atoms with Gasteiger partial charge in [0, 0.05) is 18.4 Å². The maximum atomic E-state index is 9.53. The predicted molar refractivity (Wildman–Crippen MR) is 82.4 cm³/mol. The van der Waals surface area contributed by atoms with E-state index in [2.05, 4.69) is 27.1 Å². The molecule has 3 atom stereocenters. The molecular weight excluding hydrogens is 314 g/mol. The van der Waals surface area contributed by atoms with E-state index in [1.165, 1.54) is 6.33 Å². The second-order valence-corrected chi connectivity index (χ2v) is 5.83. The van der Waals surface area contributed by atoms with Gasteiger partial charge in [0.15, 0.2) is 0 Å². The van der Waals surface area contributed by atoms with Gasteiger partial charge in [-0.25, -0.2) is 9.97 Å². The molecule has 0 aromatic carbocycles. The fraction of sp³-hybridized carbons (Fsp3) is 0.538. The fourth-order valence-electron chi connectivity index (χ4n) is 1.68. The first-order valence-electron chi connectivity index (χ1n) is 6.42. The fourth-order valence-corrected chi connectivity index (χ4v) is 2.40. The van der Waals surface area contributed by atoms with Crippen LogP contribution in [0.1, 0.15) is 0 Å². The van der Waals surface area contributed by atoms with E-state index >= 15 is 0 Å². The highest BCUT2D eigenvalue weighted by Crippen LogP contribution is 2.13. The molecule has 0 radical (unpaired) electrons. The van der Waals surface area contributed by atoms with Gasteiger partial charge < -0.3 is 20.3 Å². The van der Waals surface area contributed by atoms with Crippen LogP contribution in [0, 0.1) is 11.8 Å². The Morgan fingerprint density at radius 3 is 3.05 bits per heavy atom. The van der Waals surface area contributed by atoms with Crippen molar-refractivity contribution < 1.29 is 14.9 Å². The minimum Gasteiger partial charge on any atom is -0.388 e. The van der Waals surface area contributed by atoms with Crippen LogP contribution in [-0.4, -0.2) is 63.2 Å². The molecule has 1 aliphatic rings. The number of ether oxygens (including phenoxy) is 1. The van der Waals surface area contributed by atoms with E-state index in [0.717, 1.165) is 12.3 Å². The molecule has 1 aliphatic heterocycles. The summed E-state index contributed by atoms with van der Waals surface area (Å²) in [6, 6.07) is 1.66. The Morgan fingerprint density at radius 2 is 2.33 bits per heavy atom. The number of aliphatic hydroxyl groups is 2. The van der Waals surface area contributed by atoms with Crippen molar-refractivity contribution in [3.63, 3.8) is 0 Å². The number of aromatic nitrogens is 2. The molecule has 3 unspecified atom stereocenters. The van der Waals surface area contributed by atoms with Crippen LogP contribution in [0.15, 0.2) is 12.4 Å². The molecule has 1 aromatic heterocycles. The molecule has 6 nitrogen and oxygen atoms in total. The summed E-state index contributed by atoms with van der Waals surface area (Å²) in [7, 11) is 0. The SMILES string of the molecule is OC1COC(C#CCSCCNc2cc(Cl)ncn2)C1O. The van der Waals surface area contributed by atoms with Crippen LogP contribution in [0.4, 0.5) is 5.82 Å². The summed E-state index contributed by atoms with van der Waals surface area (Å²) in [5, 5.41) is 22.4. The highest BCUT2D eigenvalue weighted by molar-refractivity contribution is 7.99. The Morgan fingerprint density at radius 1 is 1.48 bits per heavy atom. The summed E-state index contributed by atoms with van der Waals surface area (Å²) >= 11 is 7.40. The zero-order valence-corrected chi connectivity index (χ0v) is 12.8. The molecule has 2 rings (SSSR count). The van der Waals surface area contributed by atoms with E-state index in [-0.39, 0.29) is 6.61 Å². The lowest BCUT2D eigenvalue weighted by atomic mass is 10.1. The van der Waals surface area contributed by atoms with Gasteiger partial charge in [0.2, 0.25) is 0 Å². The minimum absolute atomic E-state index is 0.138. The Balaban J connectivity index is 1.58. The first kappa shape index (κ1) is 16.3. The summed E-state index contributed by atoms with van der Waals surface area (Å²) in [5.74, 6) is 7.93. The third-order valence-corrected chi connectivity index (χ3v) is 3.80. The Hall–Kier alpha value is -1.04. The van der Waals surface area contributed by atoms with Crippen molar-refractivity contribution in [3.05, 3.63) is 17.5 Å². The molecule has 1 aromatic rings. The largest absolute Gasteiger partial charge is 0.388 e. The minimum atomic E-state index is -0.910. The first-order chi connectivity index (χ1) is 10.2. The van der Waals surface area contributed by atoms with Crippen LogP contribution < -0.4 is 5.32 Å². The molecule has 0 spiro atoms. The lowest BCUT2D eigenvalue weighted by molar-refractivity contribution is 0.0447. The van der Waals surface area contributed by atoms with Crippen molar-refractivity contribution in [1.82, 2.24) is 9.97 Å². The first-order valence-corrected chi connectivity index (χ1v) is 7.95. The second kappa shape index (κ2) is 8.41.